The molecule has 0 N–H and O–H groups in total. The van der Waals surface area contributed by atoms with Gasteiger partial charge in [-0.2, -0.15) is 0 Å². The van der Waals surface area contributed by atoms with Gasteiger partial charge in [0, 0.05) is 7.05 Å². The predicted octanol–water partition coefficient (Wildman–Crippen LogP) is 2.24. The normalized spacial score (nSPS) is 10.6. The van der Waals surface area contributed by atoms with E-state index in [1.54, 1.807) is 7.05 Å². The van der Waals surface area contributed by atoms with Gasteiger partial charge in [0.05, 0.1) is 6.61 Å². The topological polar surface area (TPSA) is 21.6 Å². The van der Waals surface area contributed by atoms with E-state index in [9.17, 15) is 0 Å². The average Bonchev–Trinajstić information content (AvgIpc) is 1.97. The first-order valence-corrected chi connectivity index (χ1v) is 3.94. The molecular weight excluding hydrogens is 126 g/mol. The van der Waals surface area contributed by atoms with Crippen molar-refractivity contribution in [1.82, 2.24) is 0 Å². The SMILES string of the molecule is CCCCCCOC=NC. The number of rotatable bonds is 6. The molecule has 2 heteroatoms. The summed E-state index contributed by atoms with van der Waals surface area (Å²) in [5.41, 5.74) is 0. The highest BCUT2D eigenvalue weighted by atomic mass is 16.5. The van der Waals surface area contributed by atoms with E-state index in [4.69, 9.17) is 4.74 Å². The third-order valence-electron chi connectivity index (χ3n) is 1.30. The van der Waals surface area contributed by atoms with Crippen molar-refractivity contribution in [2.75, 3.05) is 13.7 Å². The van der Waals surface area contributed by atoms with Crippen molar-refractivity contribution in [3.8, 4) is 0 Å². The Morgan fingerprint density at radius 1 is 1.30 bits per heavy atom. The summed E-state index contributed by atoms with van der Waals surface area (Å²) in [6.45, 7) is 3.02. The number of nitrogens with zero attached hydrogens (tertiary/aromatic N) is 1. The lowest BCUT2D eigenvalue weighted by Gasteiger charge is -1.97. The van der Waals surface area contributed by atoms with Crippen molar-refractivity contribution >= 4 is 6.40 Å². The van der Waals surface area contributed by atoms with E-state index in [2.05, 4.69) is 11.9 Å². The smallest absolute Gasteiger partial charge is 0.169 e. The Morgan fingerprint density at radius 3 is 2.70 bits per heavy atom. The van der Waals surface area contributed by atoms with Crippen LogP contribution >= 0.6 is 0 Å². The monoisotopic (exact) mass is 143 g/mol. The van der Waals surface area contributed by atoms with Crippen LogP contribution in [0.4, 0.5) is 0 Å². The van der Waals surface area contributed by atoms with E-state index in [-0.39, 0.29) is 0 Å². The minimum absolute atomic E-state index is 0.817. The fraction of sp³-hybridized carbons (Fsp3) is 0.875. The Balaban J connectivity index is 2.77. The molecule has 0 heterocycles. The van der Waals surface area contributed by atoms with Gasteiger partial charge in [-0.15, -0.1) is 0 Å². The molecule has 0 saturated carbocycles. The zero-order valence-corrected chi connectivity index (χ0v) is 6.97. The maximum atomic E-state index is 5.04. The minimum atomic E-state index is 0.817. The molecule has 0 aliphatic carbocycles. The van der Waals surface area contributed by atoms with Crippen LogP contribution in [0.15, 0.2) is 4.99 Å². The average molecular weight is 143 g/mol. The maximum absolute atomic E-state index is 5.04. The lowest BCUT2D eigenvalue weighted by molar-refractivity contribution is 0.306. The molecule has 0 amide bonds. The molecule has 2 nitrogen and oxygen atoms in total. The molecule has 0 radical (unpaired) electrons. The van der Waals surface area contributed by atoms with Gasteiger partial charge in [-0.25, -0.2) is 0 Å². The van der Waals surface area contributed by atoms with Gasteiger partial charge < -0.3 is 4.74 Å². The molecule has 0 bridgehead atoms. The molecular formula is C8H17NO. The zero-order valence-electron chi connectivity index (χ0n) is 6.97. The Kier molecular flexibility index (Phi) is 8.02. The maximum Gasteiger partial charge on any atom is 0.169 e. The highest BCUT2D eigenvalue weighted by Crippen LogP contribution is 1.97. The summed E-state index contributed by atoms with van der Waals surface area (Å²) in [4.78, 5) is 3.71. The molecule has 0 rings (SSSR count). The van der Waals surface area contributed by atoms with Crippen molar-refractivity contribution in [3.05, 3.63) is 0 Å². The lowest BCUT2D eigenvalue weighted by Crippen LogP contribution is -1.91. The summed E-state index contributed by atoms with van der Waals surface area (Å²) < 4.78 is 5.04. The van der Waals surface area contributed by atoms with Gasteiger partial charge in [0.15, 0.2) is 6.40 Å². The minimum Gasteiger partial charge on any atom is -0.484 e. The summed E-state index contributed by atoms with van der Waals surface area (Å²) in [7, 11) is 1.71. The largest absolute Gasteiger partial charge is 0.484 e. The third-order valence-corrected chi connectivity index (χ3v) is 1.30. The van der Waals surface area contributed by atoms with Gasteiger partial charge in [0.25, 0.3) is 0 Å². The van der Waals surface area contributed by atoms with E-state index < -0.39 is 0 Å². The molecule has 10 heavy (non-hydrogen) atoms. The molecule has 0 aromatic carbocycles. The molecule has 0 saturated heterocycles. The van der Waals surface area contributed by atoms with Gasteiger partial charge in [-0.3, -0.25) is 4.99 Å². The fourth-order valence-corrected chi connectivity index (χ4v) is 0.739. The second-order valence-corrected chi connectivity index (χ2v) is 2.30. The van der Waals surface area contributed by atoms with Crippen molar-refractivity contribution in [2.24, 2.45) is 4.99 Å². The van der Waals surface area contributed by atoms with Crippen LogP contribution in [0.25, 0.3) is 0 Å². The van der Waals surface area contributed by atoms with Crippen molar-refractivity contribution in [1.29, 1.82) is 0 Å². The van der Waals surface area contributed by atoms with Crippen LogP contribution in [0.1, 0.15) is 32.6 Å². The number of aliphatic imine (C=N–C) groups is 1. The Labute approximate surface area is 63.3 Å². The van der Waals surface area contributed by atoms with Gasteiger partial charge in [-0.1, -0.05) is 26.2 Å². The van der Waals surface area contributed by atoms with E-state index in [0.717, 1.165) is 13.0 Å². The molecule has 0 aliphatic rings. The van der Waals surface area contributed by atoms with Gasteiger partial charge in [0.2, 0.25) is 0 Å². The number of unbranched alkanes of at least 4 members (excludes halogenated alkanes) is 3. The van der Waals surface area contributed by atoms with Gasteiger partial charge >= 0.3 is 0 Å². The highest BCUT2D eigenvalue weighted by Gasteiger charge is 1.85. The standard InChI is InChI=1S/C8H17NO/c1-3-4-5-6-7-10-8-9-2/h8H,3-7H2,1-2H3. The van der Waals surface area contributed by atoms with Crippen LogP contribution in [0.2, 0.25) is 0 Å². The van der Waals surface area contributed by atoms with Crippen LogP contribution in [0, 0.1) is 0 Å². The summed E-state index contributed by atoms with van der Waals surface area (Å²) in [6, 6.07) is 0. The second-order valence-electron chi connectivity index (χ2n) is 2.30. The van der Waals surface area contributed by atoms with E-state index >= 15 is 0 Å². The Morgan fingerprint density at radius 2 is 2.10 bits per heavy atom. The quantitative estimate of drug-likeness (QED) is 0.317. The van der Waals surface area contributed by atoms with Crippen LogP contribution in [0.3, 0.4) is 0 Å². The fourth-order valence-electron chi connectivity index (χ4n) is 0.739. The molecule has 0 aromatic heterocycles. The second kappa shape index (κ2) is 8.47. The summed E-state index contributed by atoms with van der Waals surface area (Å²) in [6.07, 6.45) is 6.52. The third kappa shape index (κ3) is 7.47. The van der Waals surface area contributed by atoms with Crippen LogP contribution in [0.5, 0.6) is 0 Å². The number of ether oxygens (including phenoxy) is 1. The van der Waals surface area contributed by atoms with Gasteiger partial charge in [-0.05, 0) is 6.42 Å². The van der Waals surface area contributed by atoms with Crippen LogP contribution in [-0.4, -0.2) is 20.1 Å². The number of hydrogen-bond acceptors (Lipinski definition) is 2. The van der Waals surface area contributed by atoms with Crippen molar-refractivity contribution in [2.45, 2.75) is 32.6 Å². The molecule has 0 spiro atoms. The molecule has 0 fully saturated rings. The molecule has 60 valence electrons. The predicted molar refractivity (Wildman–Crippen MR) is 44.5 cm³/mol. The first-order valence-electron chi connectivity index (χ1n) is 3.94. The molecule has 0 aromatic rings. The lowest BCUT2D eigenvalue weighted by atomic mass is 10.2. The van der Waals surface area contributed by atoms with Crippen LogP contribution in [-0.2, 0) is 4.74 Å². The summed E-state index contributed by atoms with van der Waals surface area (Å²) in [5, 5.41) is 0. The Bertz CT molecular complexity index is 81.3. The van der Waals surface area contributed by atoms with Crippen molar-refractivity contribution in [3.63, 3.8) is 0 Å². The highest BCUT2D eigenvalue weighted by molar-refractivity contribution is 5.45. The molecule has 0 aliphatic heterocycles. The van der Waals surface area contributed by atoms with Crippen LogP contribution < -0.4 is 0 Å². The van der Waals surface area contributed by atoms with E-state index in [0.29, 0.717) is 0 Å². The van der Waals surface area contributed by atoms with Gasteiger partial charge in [0.1, 0.15) is 0 Å². The van der Waals surface area contributed by atoms with E-state index in [1.807, 2.05) is 0 Å². The Hall–Kier alpha value is -0.530. The number of hydrogen-bond donors (Lipinski definition) is 0. The summed E-state index contributed by atoms with van der Waals surface area (Å²) in [5.74, 6) is 0. The molecule has 0 atom stereocenters. The molecule has 0 unspecified atom stereocenters. The summed E-state index contributed by atoms with van der Waals surface area (Å²) >= 11 is 0. The first-order chi connectivity index (χ1) is 4.91. The first kappa shape index (κ1) is 9.47. The van der Waals surface area contributed by atoms with Crippen molar-refractivity contribution < 1.29 is 4.74 Å². The van der Waals surface area contributed by atoms with E-state index in [1.165, 1.54) is 25.7 Å². The zero-order chi connectivity index (χ0) is 7.66.